The van der Waals surface area contributed by atoms with Gasteiger partial charge in [0, 0.05) is 37.0 Å². The third-order valence-electron chi connectivity index (χ3n) is 5.05. The molecule has 1 heterocycles. The van der Waals surface area contributed by atoms with Crippen LogP contribution in [-0.2, 0) is 16.1 Å². The predicted molar refractivity (Wildman–Crippen MR) is 108 cm³/mol. The number of aliphatic carboxylic acids is 1. The van der Waals surface area contributed by atoms with E-state index in [1.165, 1.54) is 0 Å². The first-order valence-corrected chi connectivity index (χ1v) is 9.49. The molecule has 0 spiro atoms. The minimum Gasteiger partial charge on any atom is -0.481 e. The van der Waals surface area contributed by atoms with Crippen LogP contribution < -0.4 is 5.32 Å². The Morgan fingerprint density at radius 1 is 1.00 bits per heavy atom. The molecule has 0 unspecified atom stereocenters. The van der Waals surface area contributed by atoms with Crippen molar-refractivity contribution in [3.05, 3.63) is 65.2 Å². The van der Waals surface area contributed by atoms with Gasteiger partial charge in [0.05, 0.1) is 12.5 Å². The number of hydrogen-bond donors (Lipinski definition) is 2. The Labute approximate surface area is 169 Å². The Kier molecular flexibility index (Phi) is 6.61. The molecule has 1 fully saturated rings. The SMILES string of the molecule is COCc1ccc(C(=O)Nc2ccc(C(=O)N3CCC(C(=O)O)CC3)cc2)cc1. The fourth-order valence-corrected chi connectivity index (χ4v) is 3.33. The second-order valence-electron chi connectivity index (χ2n) is 7.07. The molecule has 2 aromatic carbocycles. The standard InChI is InChI=1S/C22H24N2O5/c1-29-14-15-2-4-16(5-3-15)20(25)23-19-8-6-17(7-9-19)21(26)24-12-10-18(11-13-24)22(27)28/h2-9,18H,10-14H2,1H3,(H,23,25)(H,27,28). The molecule has 2 amide bonds. The number of nitrogens with zero attached hydrogens (tertiary/aromatic N) is 1. The molecule has 7 heteroatoms. The zero-order valence-corrected chi connectivity index (χ0v) is 16.3. The van der Waals surface area contributed by atoms with Gasteiger partial charge in [0.1, 0.15) is 0 Å². The highest BCUT2D eigenvalue weighted by Gasteiger charge is 2.27. The fourth-order valence-electron chi connectivity index (χ4n) is 3.33. The van der Waals surface area contributed by atoms with Gasteiger partial charge in [0.25, 0.3) is 11.8 Å². The van der Waals surface area contributed by atoms with Gasteiger partial charge in [-0.1, -0.05) is 12.1 Å². The van der Waals surface area contributed by atoms with E-state index in [-0.39, 0.29) is 17.7 Å². The zero-order chi connectivity index (χ0) is 20.8. The van der Waals surface area contributed by atoms with E-state index in [0.29, 0.717) is 49.4 Å². The van der Waals surface area contributed by atoms with Crippen molar-refractivity contribution in [2.45, 2.75) is 19.4 Å². The Morgan fingerprint density at radius 3 is 2.14 bits per heavy atom. The number of carboxylic acid groups (broad SMARTS) is 1. The average Bonchev–Trinajstić information content (AvgIpc) is 2.74. The summed E-state index contributed by atoms with van der Waals surface area (Å²) in [6.45, 7) is 1.37. The summed E-state index contributed by atoms with van der Waals surface area (Å²) in [5, 5.41) is 11.9. The molecule has 1 aliphatic heterocycles. The number of benzene rings is 2. The number of carboxylic acids is 1. The monoisotopic (exact) mass is 396 g/mol. The lowest BCUT2D eigenvalue weighted by molar-refractivity contribution is -0.143. The summed E-state index contributed by atoms with van der Waals surface area (Å²) in [6.07, 6.45) is 0.941. The molecule has 0 atom stereocenters. The average molecular weight is 396 g/mol. The summed E-state index contributed by atoms with van der Waals surface area (Å²) in [4.78, 5) is 37.7. The van der Waals surface area contributed by atoms with Crippen LogP contribution in [0.15, 0.2) is 48.5 Å². The van der Waals surface area contributed by atoms with E-state index in [9.17, 15) is 14.4 Å². The molecular formula is C22H24N2O5. The van der Waals surface area contributed by atoms with E-state index < -0.39 is 5.97 Å². The maximum Gasteiger partial charge on any atom is 0.306 e. The van der Waals surface area contributed by atoms with E-state index in [1.807, 2.05) is 12.1 Å². The van der Waals surface area contributed by atoms with Gasteiger partial charge in [0.2, 0.25) is 0 Å². The van der Waals surface area contributed by atoms with Crippen LogP contribution in [0.25, 0.3) is 0 Å². The third-order valence-corrected chi connectivity index (χ3v) is 5.05. The van der Waals surface area contributed by atoms with Gasteiger partial charge < -0.3 is 20.1 Å². The second-order valence-corrected chi connectivity index (χ2v) is 7.07. The summed E-state index contributed by atoms with van der Waals surface area (Å²) in [5.74, 6) is -1.53. The number of ether oxygens (including phenoxy) is 1. The molecule has 0 radical (unpaired) electrons. The maximum atomic E-state index is 12.6. The molecule has 0 saturated carbocycles. The van der Waals surface area contributed by atoms with E-state index in [1.54, 1.807) is 48.4 Å². The van der Waals surface area contributed by atoms with Crippen LogP contribution in [-0.4, -0.2) is 48.0 Å². The molecule has 0 aromatic heterocycles. The summed E-state index contributed by atoms with van der Waals surface area (Å²) in [7, 11) is 1.62. The van der Waals surface area contributed by atoms with Crippen LogP contribution in [0.1, 0.15) is 39.1 Å². The van der Waals surface area contributed by atoms with Crippen LogP contribution in [0.2, 0.25) is 0 Å². The zero-order valence-electron chi connectivity index (χ0n) is 16.3. The number of carbonyl (C=O) groups is 3. The number of carbonyl (C=O) groups excluding carboxylic acids is 2. The lowest BCUT2D eigenvalue weighted by Gasteiger charge is -2.30. The minimum atomic E-state index is -0.800. The molecule has 2 N–H and O–H groups in total. The van der Waals surface area contributed by atoms with Crippen molar-refractivity contribution in [1.29, 1.82) is 0 Å². The molecule has 0 bridgehead atoms. The Balaban J connectivity index is 1.57. The van der Waals surface area contributed by atoms with E-state index >= 15 is 0 Å². The van der Waals surface area contributed by atoms with Crippen molar-refractivity contribution in [1.82, 2.24) is 4.90 Å². The highest BCUT2D eigenvalue weighted by atomic mass is 16.5. The first-order valence-electron chi connectivity index (χ1n) is 9.49. The smallest absolute Gasteiger partial charge is 0.306 e. The number of nitrogens with one attached hydrogen (secondary N) is 1. The van der Waals surface area contributed by atoms with Gasteiger partial charge in [-0.2, -0.15) is 0 Å². The number of amides is 2. The van der Waals surface area contributed by atoms with Gasteiger partial charge in [-0.05, 0) is 54.8 Å². The van der Waals surface area contributed by atoms with Crippen LogP contribution in [0, 0.1) is 5.92 Å². The molecule has 1 saturated heterocycles. The van der Waals surface area contributed by atoms with Crippen LogP contribution in [0.5, 0.6) is 0 Å². The summed E-state index contributed by atoms with van der Waals surface area (Å²) in [5.41, 5.74) is 2.63. The highest BCUT2D eigenvalue weighted by molar-refractivity contribution is 6.04. The van der Waals surface area contributed by atoms with Crippen molar-refractivity contribution in [3.8, 4) is 0 Å². The largest absolute Gasteiger partial charge is 0.481 e. The molecule has 1 aliphatic rings. The number of anilines is 1. The first-order chi connectivity index (χ1) is 14.0. The molecule has 2 aromatic rings. The topological polar surface area (TPSA) is 95.9 Å². The number of hydrogen-bond acceptors (Lipinski definition) is 4. The number of methoxy groups -OCH3 is 1. The first kappa shape index (κ1) is 20.5. The fraction of sp³-hybridized carbons (Fsp3) is 0.318. The lowest BCUT2D eigenvalue weighted by Crippen LogP contribution is -2.40. The van der Waals surface area contributed by atoms with Crippen LogP contribution >= 0.6 is 0 Å². The highest BCUT2D eigenvalue weighted by Crippen LogP contribution is 2.20. The van der Waals surface area contributed by atoms with Gasteiger partial charge in [-0.15, -0.1) is 0 Å². The number of piperidine rings is 1. The van der Waals surface area contributed by atoms with Crippen molar-refractivity contribution < 1.29 is 24.2 Å². The van der Waals surface area contributed by atoms with Crippen molar-refractivity contribution in [2.24, 2.45) is 5.92 Å². The minimum absolute atomic E-state index is 0.125. The summed E-state index contributed by atoms with van der Waals surface area (Å²) < 4.78 is 5.06. The summed E-state index contributed by atoms with van der Waals surface area (Å²) >= 11 is 0. The molecule has 0 aliphatic carbocycles. The normalized spacial score (nSPS) is 14.4. The van der Waals surface area contributed by atoms with Gasteiger partial charge >= 0.3 is 5.97 Å². The van der Waals surface area contributed by atoms with Crippen LogP contribution in [0.3, 0.4) is 0 Å². The molecular weight excluding hydrogens is 372 g/mol. The van der Waals surface area contributed by atoms with E-state index in [2.05, 4.69) is 5.32 Å². The van der Waals surface area contributed by atoms with Crippen molar-refractivity contribution in [2.75, 3.05) is 25.5 Å². The van der Waals surface area contributed by atoms with E-state index in [4.69, 9.17) is 9.84 Å². The van der Waals surface area contributed by atoms with Gasteiger partial charge in [-0.3, -0.25) is 14.4 Å². The van der Waals surface area contributed by atoms with Crippen LogP contribution in [0.4, 0.5) is 5.69 Å². The lowest BCUT2D eigenvalue weighted by atomic mass is 9.96. The predicted octanol–water partition coefficient (Wildman–Crippen LogP) is 3.02. The Hall–Kier alpha value is -3.19. The third kappa shape index (κ3) is 5.20. The molecule has 29 heavy (non-hydrogen) atoms. The molecule has 152 valence electrons. The quantitative estimate of drug-likeness (QED) is 0.782. The van der Waals surface area contributed by atoms with Crippen molar-refractivity contribution in [3.63, 3.8) is 0 Å². The van der Waals surface area contributed by atoms with Gasteiger partial charge in [0.15, 0.2) is 0 Å². The Bertz CT molecular complexity index is 869. The number of likely N-dealkylation sites (tertiary alicyclic amines) is 1. The molecule has 3 rings (SSSR count). The molecule has 7 nitrogen and oxygen atoms in total. The number of rotatable bonds is 6. The van der Waals surface area contributed by atoms with E-state index in [0.717, 1.165) is 5.56 Å². The second kappa shape index (κ2) is 9.34. The van der Waals surface area contributed by atoms with Gasteiger partial charge in [-0.25, -0.2) is 0 Å². The maximum absolute atomic E-state index is 12.6. The Morgan fingerprint density at radius 2 is 1.59 bits per heavy atom. The summed E-state index contributed by atoms with van der Waals surface area (Å²) in [6, 6.07) is 13.9. The van der Waals surface area contributed by atoms with Crippen molar-refractivity contribution >= 4 is 23.5 Å².